The third-order valence-electron chi connectivity index (χ3n) is 2.22. The fraction of sp³-hybridized carbons (Fsp3) is 0.714. The zero-order valence-corrected chi connectivity index (χ0v) is 4.93. The lowest BCUT2D eigenvalue weighted by atomic mass is 10.1. The van der Waals surface area contributed by atoms with Crippen molar-refractivity contribution in [1.29, 1.82) is 0 Å². The SMILES string of the molecule is C1=CC2CCCC2N1. The number of hydrogen-bond acceptors (Lipinski definition) is 1. The van der Waals surface area contributed by atoms with Crippen LogP contribution >= 0.6 is 0 Å². The normalized spacial score (nSPS) is 42.0. The van der Waals surface area contributed by atoms with Gasteiger partial charge in [0.1, 0.15) is 0 Å². The molecule has 1 N–H and O–H groups in total. The zero-order valence-electron chi connectivity index (χ0n) is 4.93. The largest absolute Gasteiger partial charge is 0.388 e. The van der Waals surface area contributed by atoms with Crippen LogP contribution in [0, 0.1) is 5.92 Å². The topological polar surface area (TPSA) is 12.0 Å². The Balaban J connectivity index is 2.13. The van der Waals surface area contributed by atoms with Gasteiger partial charge in [-0.05, 0) is 25.0 Å². The number of hydrogen-bond donors (Lipinski definition) is 1. The number of rotatable bonds is 0. The Morgan fingerprint density at radius 1 is 1.38 bits per heavy atom. The maximum atomic E-state index is 3.34. The molecular formula is C7H11N. The maximum Gasteiger partial charge on any atom is 0.0319 e. The van der Waals surface area contributed by atoms with Crippen molar-refractivity contribution in [2.75, 3.05) is 0 Å². The number of nitrogens with one attached hydrogen (secondary N) is 1. The van der Waals surface area contributed by atoms with Crippen LogP contribution in [0.4, 0.5) is 0 Å². The van der Waals surface area contributed by atoms with Crippen molar-refractivity contribution in [2.45, 2.75) is 25.3 Å². The maximum absolute atomic E-state index is 3.34. The van der Waals surface area contributed by atoms with E-state index >= 15 is 0 Å². The third-order valence-corrected chi connectivity index (χ3v) is 2.22. The lowest BCUT2D eigenvalue weighted by molar-refractivity contribution is 0.555. The minimum Gasteiger partial charge on any atom is -0.388 e. The molecule has 0 aromatic carbocycles. The van der Waals surface area contributed by atoms with Gasteiger partial charge in [-0.1, -0.05) is 12.5 Å². The molecule has 0 amide bonds. The van der Waals surface area contributed by atoms with E-state index in [1.54, 1.807) is 0 Å². The predicted molar refractivity (Wildman–Crippen MR) is 33.4 cm³/mol. The van der Waals surface area contributed by atoms with Gasteiger partial charge >= 0.3 is 0 Å². The fourth-order valence-electron chi connectivity index (χ4n) is 1.73. The van der Waals surface area contributed by atoms with Crippen molar-refractivity contribution in [1.82, 2.24) is 5.32 Å². The lowest BCUT2D eigenvalue weighted by Crippen LogP contribution is -2.20. The summed E-state index contributed by atoms with van der Waals surface area (Å²) in [6.07, 6.45) is 8.63. The van der Waals surface area contributed by atoms with Gasteiger partial charge in [0.2, 0.25) is 0 Å². The summed E-state index contributed by atoms with van der Waals surface area (Å²) < 4.78 is 0. The lowest BCUT2D eigenvalue weighted by Gasteiger charge is -2.06. The summed E-state index contributed by atoms with van der Waals surface area (Å²) in [5.74, 6) is 0.884. The van der Waals surface area contributed by atoms with Crippen molar-refractivity contribution >= 4 is 0 Å². The Morgan fingerprint density at radius 3 is 3.25 bits per heavy atom. The molecule has 8 heavy (non-hydrogen) atoms. The van der Waals surface area contributed by atoms with E-state index in [1.807, 2.05) is 0 Å². The average Bonchev–Trinajstić information content (AvgIpc) is 2.15. The highest BCUT2D eigenvalue weighted by molar-refractivity contribution is 5.05. The van der Waals surface area contributed by atoms with E-state index in [0.29, 0.717) is 0 Å². The van der Waals surface area contributed by atoms with Crippen molar-refractivity contribution < 1.29 is 0 Å². The molecule has 0 spiro atoms. The van der Waals surface area contributed by atoms with Crippen molar-refractivity contribution in [2.24, 2.45) is 5.92 Å². The van der Waals surface area contributed by atoms with E-state index in [1.165, 1.54) is 19.3 Å². The minimum atomic E-state index is 0.815. The molecule has 1 aliphatic heterocycles. The molecule has 1 fully saturated rings. The Hall–Kier alpha value is -0.460. The zero-order chi connectivity index (χ0) is 5.40. The molecular weight excluding hydrogens is 98.1 g/mol. The molecule has 0 saturated heterocycles. The molecule has 2 aliphatic rings. The molecule has 0 radical (unpaired) electrons. The molecule has 1 nitrogen and oxygen atoms in total. The second kappa shape index (κ2) is 1.51. The predicted octanol–water partition coefficient (Wildman–Crippen LogP) is 1.27. The quantitative estimate of drug-likeness (QED) is 0.494. The third kappa shape index (κ3) is 0.473. The van der Waals surface area contributed by atoms with Gasteiger partial charge in [-0.15, -0.1) is 0 Å². The summed E-state index contributed by atoms with van der Waals surface area (Å²) in [6.45, 7) is 0. The van der Waals surface area contributed by atoms with E-state index < -0.39 is 0 Å². The van der Waals surface area contributed by atoms with Gasteiger partial charge in [0.15, 0.2) is 0 Å². The van der Waals surface area contributed by atoms with E-state index in [2.05, 4.69) is 17.6 Å². The van der Waals surface area contributed by atoms with Crippen LogP contribution in [0.5, 0.6) is 0 Å². The second-order valence-corrected chi connectivity index (χ2v) is 2.73. The summed E-state index contributed by atoms with van der Waals surface area (Å²) in [5, 5.41) is 3.34. The molecule has 2 atom stereocenters. The molecule has 0 bridgehead atoms. The summed E-state index contributed by atoms with van der Waals surface area (Å²) >= 11 is 0. The summed E-state index contributed by atoms with van der Waals surface area (Å²) in [7, 11) is 0. The van der Waals surface area contributed by atoms with E-state index in [-0.39, 0.29) is 0 Å². The Bertz CT molecular complexity index is 118. The molecule has 1 aliphatic carbocycles. The van der Waals surface area contributed by atoms with Crippen LogP contribution < -0.4 is 5.32 Å². The molecule has 2 rings (SSSR count). The average molecular weight is 109 g/mol. The highest BCUT2D eigenvalue weighted by Crippen LogP contribution is 2.29. The minimum absolute atomic E-state index is 0.815. The first-order chi connectivity index (χ1) is 3.97. The fourth-order valence-corrected chi connectivity index (χ4v) is 1.73. The smallest absolute Gasteiger partial charge is 0.0319 e. The van der Waals surface area contributed by atoms with Gasteiger partial charge in [0.05, 0.1) is 0 Å². The summed E-state index contributed by atoms with van der Waals surface area (Å²) in [4.78, 5) is 0. The second-order valence-electron chi connectivity index (χ2n) is 2.73. The molecule has 1 heteroatoms. The van der Waals surface area contributed by atoms with Gasteiger partial charge in [0, 0.05) is 6.04 Å². The summed E-state index contributed by atoms with van der Waals surface area (Å²) in [5.41, 5.74) is 0. The van der Waals surface area contributed by atoms with Crippen LogP contribution in [-0.2, 0) is 0 Å². The number of fused-ring (bicyclic) bond motifs is 1. The van der Waals surface area contributed by atoms with Gasteiger partial charge in [0.25, 0.3) is 0 Å². The van der Waals surface area contributed by atoms with Crippen LogP contribution in [-0.4, -0.2) is 6.04 Å². The first-order valence-corrected chi connectivity index (χ1v) is 3.39. The molecule has 0 aromatic heterocycles. The Labute approximate surface area is 49.8 Å². The highest BCUT2D eigenvalue weighted by atomic mass is 14.9. The molecule has 1 heterocycles. The van der Waals surface area contributed by atoms with E-state index in [9.17, 15) is 0 Å². The molecule has 2 unspecified atom stereocenters. The van der Waals surface area contributed by atoms with Gasteiger partial charge < -0.3 is 5.32 Å². The van der Waals surface area contributed by atoms with Crippen molar-refractivity contribution in [3.63, 3.8) is 0 Å². The highest BCUT2D eigenvalue weighted by Gasteiger charge is 2.26. The van der Waals surface area contributed by atoms with Crippen LogP contribution in [0.1, 0.15) is 19.3 Å². The van der Waals surface area contributed by atoms with E-state index in [0.717, 1.165) is 12.0 Å². The van der Waals surface area contributed by atoms with Crippen molar-refractivity contribution in [3.05, 3.63) is 12.3 Å². The monoisotopic (exact) mass is 109 g/mol. The first-order valence-electron chi connectivity index (χ1n) is 3.39. The first kappa shape index (κ1) is 4.42. The molecule has 44 valence electrons. The Morgan fingerprint density at radius 2 is 2.38 bits per heavy atom. The van der Waals surface area contributed by atoms with E-state index in [4.69, 9.17) is 0 Å². The molecule has 0 aromatic rings. The summed E-state index contributed by atoms with van der Waals surface area (Å²) in [6, 6.07) is 0.815. The standard InChI is InChI=1S/C7H11N/c1-2-6-4-5-8-7(6)3-1/h4-8H,1-3H2. The van der Waals surface area contributed by atoms with Crippen LogP contribution in [0.15, 0.2) is 12.3 Å². The Kier molecular flexibility index (Phi) is 0.833. The van der Waals surface area contributed by atoms with Gasteiger partial charge in [-0.3, -0.25) is 0 Å². The van der Waals surface area contributed by atoms with Crippen LogP contribution in [0.2, 0.25) is 0 Å². The van der Waals surface area contributed by atoms with Crippen LogP contribution in [0.25, 0.3) is 0 Å². The van der Waals surface area contributed by atoms with Gasteiger partial charge in [-0.25, -0.2) is 0 Å². The van der Waals surface area contributed by atoms with Crippen LogP contribution in [0.3, 0.4) is 0 Å². The van der Waals surface area contributed by atoms with Gasteiger partial charge in [-0.2, -0.15) is 0 Å². The van der Waals surface area contributed by atoms with Crippen molar-refractivity contribution in [3.8, 4) is 0 Å². The molecule has 1 saturated carbocycles.